The van der Waals surface area contributed by atoms with E-state index in [9.17, 15) is 4.79 Å². The molecule has 0 fully saturated rings. The highest BCUT2D eigenvalue weighted by Gasteiger charge is 2.29. The number of para-hydroxylation sites is 1. The van der Waals surface area contributed by atoms with Crippen molar-refractivity contribution < 1.29 is 9.69 Å². The average Bonchev–Trinajstić information content (AvgIpc) is 3.00. The van der Waals surface area contributed by atoms with Crippen molar-refractivity contribution in [3.63, 3.8) is 0 Å². The van der Waals surface area contributed by atoms with E-state index >= 15 is 0 Å². The lowest BCUT2D eigenvalue weighted by atomic mass is 10.0. The second-order valence-electron chi connectivity index (χ2n) is 5.56. The quantitative estimate of drug-likeness (QED) is 0.907. The van der Waals surface area contributed by atoms with Gasteiger partial charge in [-0.25, -0.2) is 0 Å². The maximum absolute atomic E-state index is 12.3. The van der Waals surface area contributed by atoms with Crippen molar-refractivity contribution >= 4 is 22.9 Å². The van der Waals surface area contributed by atoms with Gasteiger partial charge in [0.05, 0.1) is 17.8 Å². The molecule has 3 rings (SSSR count). The zero-order chi connectivity index (χ0) is 15.5. The Morgan fingerprint density at radius 3 is 3.09 bits per heavy atom. The van der Waals surface area contributed by atoms with E-state index in [4.69, 9.17) is 5.26 Å². The summed E-state index contributed by atoms with van der Waals surface area (Å²) >= 11 is 1.81. The molecule has 2 heterocycles. The molecule has 22 heavy (non-hydrogen) atoms. The van der Waals surface area contributed by atoms with Gasteiger partial charge in [0.1, 0.15) is 12.1 Å². The standard InChI is InChI=1S/C17H17N3OS/c1-12-14-7-9-22-16(14)6-8-20(12)11-17(21)19-15-5-3-2-4-13(15)10-18/h2-5,7,9,12H,6,8,11H2,1H3,(H,19,21)/p+1/t12-/m1/s1. The number of nitrogens with zero attached hydrogens (tertiary/aromatic N) is 1. The molecule has 1 aliphatic rings. The van der Waals surface area contributed by atoms with Gasteiger partial charge in [-0.3, -0.25) is 4.79 Å². The predicted octanol–water partition coefficient (Wildman–Crippen LogP) is 1.76. The molecule has 1 aromatic carbocycles. The van der Waals surface area contributed by atoms with Crippen molar-refractivity contribution in [1.29, 1.82) is 5.26 Å². The van der Waals surface area contributed by atoms with Gasteiger partial charge in [0.15, 0.2) is 6.54 Å². The highest BCUT2D eigenvalue weighted by molar-refractivity contribution is 7.10. The summed E-state index contributed by atoms with van der Waals surface area (Å²) in [6.07, 6.45) is 1.04. The third-order valence-electron chi connectivity index (χ3n) is 4.24. The predicted molar refractivity (Wildman–Crippen MR) is 86.9 cm³/mol. The first kappa shape index (κ1) is 14.8. The van der Waals surface area contributed by atoms with Crippen LogP contribution in [0.3, 0.4) is 0 Å². The summed E-state index contributed by atoms with van der Waals surface area (Å²) in [6.45, 7) is 3.58. The summed E-state index contributed by atoms with van der Waals surface area (Å²) in [5.41, 5.74) is 2.46. The lowest BCUT2D eigenvalue weighted by molar-refractivity contribution is -0.923. The van der Waals surface area contributed by atoms with Gasteiger partial charge in [-0.15, -0.1) is 11.3 Å². The molecular weight excluding hydrogens is 294 g/mol. The number of carbonyl (C=O) groups excluding carboxylic acids is 1. The molecule has 5 heteroatoms. The van der Waals surface area contributed by atoms with Crippen LogP contribution in [-0.2, 0) is 11.2 Å². The minimum Gasteiger partial charge on any atom is -0.321 e. The Kier molecular flexibility index (Phi) is 4.23. The summed E-state index contributed by atoms with van der Waals surface area (Å²) in [5, 5.41) is 14.1. The molecule has 112 valence electrons. The molecule has 2 aromatic rings. The smallest absolute Gasteiger partial charge is 0.279 e. The molecule has 0 saturated carbocycles. The molecule has 2 atom stereocenters. The number of hydrogen-bond acceptors (Lipinski definition) is 3. The number of rotatable bonds is 3. The van der Waals surface area contributed by atoms with Crippen LogP contribution in [0.4, 0.5) is 5.69 Å². The highest BCUT2D eigenvalue weighted by atomic mass is 32.1. The lowest BCUT2D eigenvalue weighted by Crippen LogP contribution is -3.14. The van der Waals surface area contributed by atoms with Gasteiger partial charge in [0, 0.05) is 16.9 Å². The minimum atomic E-state index is -0.0387. The van der Waals surface area contributed by atoms with Crippen LogP contribution in [0.1, 0.15) is 29.0 Å². The largest absolute Gasteiger partial charge is 0.321 e. The normalized spacial score (nSPS) is 20.0. The van der Waals surface area contributed by atoms with Gasteiger partial charge < -0.3 is 10.2 Å². The van der Waals surface area contributed by atoms with Crippen molar-refractivity contribution in [2.24, 2.45) is 0 Å². The average molecular weight is 312 g/mol. The maximum atomic E-state index is 12.3. The van der Waals surface area contributed by atoms with Crippen LogP contribution in [0.25, 0.3) is 0 Å². The van der Waals surface area contributed by atoms with Crippen LogP contribution in [0.5, 0.6) is 0 Å². The van der Waals surface area contributed by atoms with Crippen molar-refractivity contribution in [2.75, 3.05) is 18.4 Å². The van der Waals surface area contributed by atoms with Crippen LogP contribution in [0.15, 0.2) is 35.7 Å². The Morgan fingerprint density at radius 2 is 2.27 bits per heavy atom. The number of amides is 1. The molecule has 1 amide bonds. The number of carbonyl (C=O) groups is 1. The van der Waals surface area contributed by atoms with E-state index < -0.39 is 0 Å². The van der Waals surface area contributed by atoms with Gasteiger partial charge >= 0.3 is 0 Å². The zero-order valence-corrected chi connectivity index (χ0v) is 13.2. The Labute approximate surface area is 134 Å². The minimum absolute atomic E-state index is 0.0387. The van der Waals surface area contributed by atoms with E-state index in [0.29, 0.717) is 23.8 Å². The lowest BCUT2D eigenvalue weighted by Gasteiger charge is -2.29. The Balaban J connectivity index is 1.67. The van der Waals surface area contributed by atoms with Crippen LogP contribution in [0, 0.1) is 11.3 Å². The molecule has 0 aliphatic carbocycles. The molecule has 1 aliphatic heterocycles. The first-order valence-electron chi connectivity index (χ1n) is 7.39. The first-order valence-corrected chi connectivity index (χ1v) is 8.27. The van der Waals surface area contributed by atoms with E-state index in [1.54, 1.807) is 18.2 Å². The van der Waals surface area contributed by atoms with Gasteiger partial charge in [0.25, 0.3) is 5.91 Å². The number of quaternary nitrogens is 1. The van der Waals surface area contributed by atoms with Crippen molar-refractivity contribution in [1.82, 2.24) is 0 Å². The van der Waals surface area contributed by atoms with Crippen LogP contribution in [0.2, 0.25) is 0 Å². The fourth-order valence-corrected chi connectivity index (χ4v) is 3.96. The fraction of sp³-hybridized carbons (Fsp3) is 0.294. The van der Waals surface area contributed by atoms with E-state index in [2.05, 4.69) is 29.8 Å². The van der Waals surface area contributed by atoms with Crippen molar-refractivity contribution in [2.45, 2.75) is 19.4 Å². The van der Waals surface area contributed by atoms with Crippen LogP contribution >= 0.6 is 11.3 Å². The molecule has 1 aromatic heterocycles. The monoisotopic (exact) mass is 312 g/mol. The van der Waals surface area contributed by atoms with Gasteiger partial charge in [-0.1, -0.05) is 12.1 Å². The Morgan fingerprint density at radius 1 is 1.45 bits per heavy atom. The Bertz CT molecular complexity index is 732. The number of nitrogens with one attached hydrogen (secondary N) is 2. The molecule has 4 nitrogen and oxygen atoms in total. The third kappa shape index (κ3) is 2.89. The molecule has 0 spiro atoms. The molecular formula is C17H18N3OS+. The van der Waals surface area contributed by atoms with Gasteiger partial charge in [0.2, 0.25) is 0 Å². The number of fused-ring (bicyclic) bond motifs is 1. The van der Waals surface area contributed by atoms with Gasteiger partial charge in [-0.05, 0) is 30.5 Å². The first-order chi connectivity index (χ1) is 10.7. The van der Waals surface area contributed by atoms with Crippen molar-refractivity contribution in [3.8, 4) is 6.07 Å². The van der Waals surface area contributed by atoms with E-state index in [-0.39, 0.29) is 5.91 Å². The topological polar surface area (TPSA) is 57.3 Å². The zero-order valence-electron chi connectivity index (χ0n) is 12.4. The summed E-state index contributed by atoms with van der Waals surface area (Å²) in [7, 11) is 0. The second kappa shape index (κ2) is 6.30. The van der Waals surface area contributed by atoms with Crippen LogP contribution in [-0.4, -0.2) is 19.0 Å². The number of benzene rings is 1. The summed E-state index contributed by atoms with van der Waals surface area (Å²) in [5.74, 6) is -0.0387. The van der Waals surface area contributed by atoms with E-state index in [1.807, 2.05) is 17.4 Å². The van der Waals surface area contributed by atoms with Crippen molar-refractivity contribution in [3.05, 3.63) is 51.7 Å². The molecule has 2 N–H and O–H groups in total. The number of thiophene rings is 1. The molecule has 1 unspecified atom stereocenters. The Hall–Kier alpha value is -2.16. The van der Waals surface area contributed by atoms with E-state index in [1.165, 1.54) is 15.3 Å². The number of hydrogen-bond donors (Lipinski definition) is 2. The number of nitriles is 1. The highest BCUT2D eigenvalue weighted by Crippen LogP contribution is 2.24. The molecule has 0 bridgehead atoms. The maximum Gasteiger partial charge on any atom is 0.279 e. The summed E-state index contributed by atoms with van der Waals surface area (Å²) in [4.78, 5) is 15.0. The SMILES string of the molecule is C[C@@H]1c2ccsc2CC[NH+]1CC(=O)Nc1ccccc1C#N. The van der Waals surface area contributed by atoms with Crippen LogP contribution < -0.4 is 10.2 Å². The molecule has 0 saturated heterocycles. The summed E-state index contributed by atoms with van der Waals surface area (Å²) in [6, 6.07) is 11.7. The second-order valence-corrected chi connectivity index (χ2v) is 6.56. The number of anilines is 1. The molecule has 0 radical (unpaired) electrons. The fourth-order valence-electron chi connectivity index (χ4n) is 2.98. The van der Waals surface area contributed by atoms with E-state index in [0.717, 1.165) is 13.0 Å². The summed E-state index contributed by atoms with van der Waals surface area (Å²) < 4.78 is 0. The van der Waals surface area contributed by atoms with Gasteiger partial charge in [-0.2, -0.15) is 5.26 Å². The third-order valence-corrected chi connectivity index (χ3v) is 5.24.